The van der Waals surface area contributed by atoms with Gasteiger partial charge in [0.05, 0.1) is 18.2 Å². The first-order valence-corrected chi connectivity index (χ1v) is 6.62. The van der Waals surface area contributed by atoms with E-state index in [9.17, 15) is 0 Å². The van der Waals surface area contributed by atoms with Crippen LogP contribution in [0.25, 0.3) is 0 Å². The minimum Gasteiger partial charge on any atom is -0.465 e. The van der Waals surface area contributed by atoms with Gasteiger partial charge >= 0.3 is 0 Å². The van der Waals surface area contributed by atoms with E-state index in [4.69, 9.17) is 13.9 Å². The fourth-order valence-electron chi connectivity index (χ4n) is 2.53. The molecule has 1 aliphatic carbocycles. The first-order chi connectivity index (χ1) is 8.65. The second kappa shape index (κ2) is 5.87. The maximum Gasteiger partial charge on any atom is 0.120 e. The quantitative estimate of drug-likeness (QED) is 0.845. The van der Waals surface area contributed by atoms with Crippen molar-refractivity contribution in [2.24, 2.45) is 0 Å². The molecule has 4 nitrogen and oxygen atoms in total. The molecule has 1 saturated carbocycles. The molecule has 4 unspecified atom stereocenters. The highest BCUT2D eigenvalue weighted by Gasteiger charge is 2.42. The summed E-state index contributed by atoms with van der Waals surface area (Å²) in [5.74, 6) is 1.92. The van der Waals surface area contributed by atoms with Gasteiger partial charge in [-0.25, -0.2) is 0 Å². The number of rotatable bonds is 6. The van der Waals surface area contributed by atoms with Crippen LogP contribution in [0.5, 0.6) is 0 Å². The van der Waals surface area contributed by atoms with Gasteiger partial charge in [0.25, 0.3) is 0 Å². The van der Waals surface area contributed by atoms with Crippen molar-refractivity contribution in [3.05, 3.63) is 23.7 Å². The highest BCUT2D eigenvalue weighted by atomic mass is 16.5. The van der Waals surface area contributed by atoms with Gasteiger partial charge in [0.1, 0.15) is 11.5 Å². The summed E-state index contributed by atoms with van der Waals surface area (Å²) >= 11 is 0. The zero-order valence-corrected chi connectivity index (χ0v) is 11.6. The molecule has 1 N–H and O–H groups in total. The van der Waals surface area contributed by atoms with Crippen LogP contribution in [-0.2, 0) is 9.47 Å². The third-order valence-corrected chi connectivity index (χ3v) is 3.55. The lowest BCUT2D eigenvalue weighted by Crippen LogP contribution is -2.60. The van der Waals surface area contributed by atoms with E-state index >= 15 is 0 Å². The summed E-state index contributed by atoms with van der Waals surface area (Å²) in [4.78, 5) is 0. The Morgan fingerprint density at radius 1 is 1.50 bits per heavy atom. The van der Waals surface area contributed by atoms with Crippen LogP contribution in [0.4, 0.5) is 0 Å². The van der Waals surface area contributed by atoms with E-state index in [2.05, 4.69) is 12.2 Å². The molecule has 1 aliphatic rings. The molecular weight excluding hydrogens is 230 g/mol. The summed E-state index contributed by atoms with van der Waals surface area (Å²) in [6.07, 6.45) is 1.36. The third kappa shape index (κ3) is 2.76. The van der Waals surface area contributed by atoms with Crippen LogP contribution >= 0.6 is 0 Å². The predicted molar refractivity (Wildman–Crippen MR) is 69.6 cm³/mol. The summed E-state index contributed by atoms with van der Waals surface area (Å²) in [5, 5.41) is 3.54. The Hall–Kier alpha value is -0.840. The molecule has 0 aliphatic heterocycles. The maximum absolute atomic E-state index is 5.62. The molecule has 0 saturated heterocycles. The van der Waals surface area contributed by atoms with Crippen molar-refractivity contribution in [2.75, 3.05) is 13.7 Å². The monoisotopic (exact) mass is 253 g/mol. The maximum atomic E-state index is 5.62. The molecule has 18 heavy (non-hydrogen) atoms. The van der Waals surface area contributed by atoms with E-state index in [-0.39, 0.29) is 18.2 Å². The normalized spacial score (nSPS) is 29.0. The van der Waals surface area contributed by atoms with Crippen molar-refractivity contribution in [3.63, 3.8) is 0 Å². The second-order valence-corrected chi connectivity index (χ2v) is 4.87. The van der Waals surface area contributed by atoms with Crippen molar-refractivity contribution in [1.82, 2.24) is 5.32 Å². The number of aryl methyl sites for hydroxylation is 1. The zero-order valence-electron chi connectivity index (χ0n) is 11.6. The van der Waals surface area contributed by atoms with E-state index in [1.807, 2.05) is 26.0 Å². The fourth-order valence-corrected chi connectivity index (χ4v) is 2.53. The minimum atomic E-state index is 0.142. The van der Waals surface area contributed by atoms with E-state index in [1.165, 1.54) is 0 Å². The van der Waals surface area contributed by atoms with Crippen LogP contribution in [0.1, 0.15) is 37.8 Å². The van der Waals surface area contributed by atoms with E-state index in [0.29, 0.717) is 6.04 Å². The highest BCUT2D eigenvalue weighted by molar-refractivity contribution is 5.10. The SMILES string of the molecule is CCOC1CC(NC(C)c2ccc(C)o2)C1OC. The molecule has 0 aromatic carbocycles. The Balaban J connectivity index is 1.87. The van der Waals surface area contributed by atoms with Crippen molar-refractivity contribution >= 4 is 0 Å². The van der Waals surface area contributed by atoms with Gasteiger partial charge in [-0.3, -0.25) is 0 Å². The first kappa shape index (κ1) is 13.6. The number of methoxy groups -OCH3 is 1. The third-order valence-electron chi connectivity index (χ3n) is 3.55. The lowest BCUT2D eigenvalue weighted by Gasteiger charge is -2.44. The summed E-state index contributed by atoms with van der Waals surface area (Å²) in [5.41, 5.74) is 0. The number of hydrogen-bond donors (Lipinski definition) is 1. The minimum absolute atomic E-state index is 0.142. The Bertz CT molecular complexity index is 377. The van der Waals surface area contributed by atoms with Gasteiger partial charge in [-0.1, -0.05) is 0 Å². The molecule has 0 spiro atoms. The molecule has 1 aromatic rings. The number of furan rings is 1. The molecule has 1 heterocycles. The molecule has 0 bridgehead atoms. The van der Waals surface area contributed by atoms with Gasteiger partial charge in [-0.2, -0.15) is 0 Å². The summed E-state index contributed by atoms with van der Waals surface area (Å²) in [6.45, 7) is 6.83. The Morgan fingerprint density at radius 2 is 2.28 bits per heavy atom. The summed E-state index contributed by atoms with van der Waals surface area (Å²) < 4.78 is 16.7. The average molecular weight is 253 g/mol. The van der Waals surface area contributed by atoms with Crippen molar-refractivity contribution in [1.29, 1.82) is 0 Å². The molecule has 4 atom stereocenters. The standard InChI is InChI=1S/C14H23NO3/c1-5-17-13-8-11(14(13)16-4)15-10(3)12-7-6-9(2)18-12/h6-7,10-11,13-15H,5,8H2,1-4H3. The van der Waals surface area contributed by atoms with Gasteiger partial charge in [0, 0.05) is 19.8 Å². The molecule has 1 aromatic heterocycles. The van der Waals surface area contributed by atoms with Crippen LogP contribution < -0.4 is 5.32 Å². The highest BCUT2D eigenvalue weighted by Crippen LogP contribution is 2.29. The topological polar surface area (TPSA) is 43.6 Å². The Morgan fingerprint density at radius 3 is 2.83 bits per heavy atom. The van der Waals surface area contributed by atoms with Crippen molar-refractivity contribution < 1.29 is 13.9 Å². The van der Waals surface area contributed by atoms with E-state index < -0.39 is 0 Å². The first-order valence-electron chi connectivity index (χ1n) is 6.62. The molecular formula is C14H23NO3. The smallest absolute Gasteiger partial charge is 0.120 e. The zero-order chi connectivity index (χ0) is 13.1. The second-order valence-electron chi connectivity index (χ2n) is 4.87. The summed E-state index contributed by atoms with van der Waals surface area (Å²) in [6, 6.07) is 4.55. The van der Waals surface area contributed by atoms with E-state index in [0.717, 1.165) is 24.5 Å². The van der Waals surface area contributed by atoms with Gasteiger partial charge in [-0.05, 0) is 39.3 Å². The van der Waals surface area contributed by atoms with Crippen LogP contribution in [0.2, 0.25) is 0 Å². The van der Waals surface area contributed by atoms with Crippen LogP contribution in [0.3, 0.4) is 0 Å². The van der Waals surface area contributed by atoms with Crippen LogP contribution in [0, 0.1) is 6.92 Å². The summed E-state index contributed by atoms with van der Waals surface area (Å²) in [7, 11) is 1.74. The molecule has 4 heteroatoms. The number of hydrogen-bond acceptors (Lipinski definition) is 4. The molecule has 1 fully saturated rings. The van der Waals surface area contributed by atoms with Crippen LogP contribution in [-0.4, -0.2) is 32.0 Å². The number of ether oxygens (including phenoxy) is 2. The van der Waals surface area contributed by atoms with Crippen molar-refractivity contribution in [3.8, 4) is 0 Å². The van der Waals surface area contributed by atoms with E-state index in [1.54, 1.807) is 7.11 Å². The van der Waals surface area contributed by atoms with Crippen LogP contribution in [0.15, 0.2) is 16.5 Å². The van der Waals surface area contributed by atoms with Gasteiger partial charge < -0.3 is 19.2 Å². The largest absolute Gasteiger partial charge is 0.465 e. The molecule has 0 amide bonds. The molecule has 0 radical (unpaired) electrons. The van der Waals surface area contributed by atoms with Crippen molar-refractivity contribution in [2.45, 2.75) is 51.5 Å². The Labute approximate surface area is 109 Å². The Kier molecular flexibility index (Phi) is 4.43. The lowest BCUT2D eigenvalue weighted by atomic mass is 9.84. The molecule has 102 valence electrons. The lowest BCUT2D eigenvalue weighted by molar-refractivity contribution is -0.133. The van der Waals surface area contributed by atoms with Gasteiger partial charge in [0.2, 0.25) is 0 Å². The fraction of sp³-hybridized carbons (Fsp3) is 0.714. The molecule has 2 rings (SSSR count). The predicted octanol–water partition coefficient (Wildman–Crippen LogP) is 2.43. The number of nitrogens with one attached hydrogen (secondary N) is 1. The van der Waals surface area contributed by atoms with Gasteiger partial charge in [0.15, 0.2) is 0 Å². The van der Waals surface area contributed by atoms with Gasteiger partial charge in [-0.15, -0.1) is 0 Å². The average Bonchev–Trinajstić information content (AvgIpc) is 2.74.